The number of hydrogen-bond acceptors (Lipinski definition) is 4. The Morgan fingerprint density at radius 1 is 1.12 bits per heavy atom. The number of esters is 2. The molecule has 0 aromatic heterocycles. The summed E-state index contributed by atoms with van der Waals surface area (Å²) < 4.78 is 9.92. The number of rotatable bonds is 6. The van der Waals surface area contributed by atoms with Crippen molar-refractivity contribution >= 4 is 11.9 Å². The van der Waals surface area contributed by atoms with Crippen molar-refractivity contribution in [3.8, 4) is 0 Å². The maximum absolute atomic E-state index is 10.9. The number of carbonyl (C=O) groups is 2. The van der Waals surface area contributed by atoms with E-state index in [-0.39, 0.29) is 0 Å². The van der Waals surface area contributed by atoms with Crippen LogP contribution in [0.5, 0.6) is 0 Å². The minimum absolute atomic E-state index is 0.456. The van der Waals surface area contributed by atoms with Crippen LogP contribution in [0.3, 0.4) is 0 Å². The summed E-state index contributed by atoms with van der Waals surface area (Å²) >= 11 is 0. The number of carbonyl (C=O) groups excluding carboxylic acids is 2. The molecule has 0 rings (SSSR count). The van der Waals surface area contributed by atoms with Gasteiger partial charge < -0.3 is 9.47 Å². The Labute approximate surface area is 96.6 Å². The van der Waals surface area contributed by atoms with Gasteiger partial charge in [-0.2, -0.15) is 0 Å². The van der Waals surface area contributed by atoms with E-state index in [2.05, 4.69) is 6.92 Å². The predicted molar refractivity (Wildman–Crippen MR) is 60.6 cm³/mol. The highest BCUT2D eigenvalue weighted by Crippen LogP contribution is 2.15. The Morgan fingerprint density at radius 3 is 1.94 bits per heavy atom. The monoisotopic (exact) mass is 228 g/mol. The van der Waals surface area contributed by atoms with Crippen molar-refractivity contribution in [2.45, 2.75) is 53.2 Å². The van der Waals surface area contributed by atoms with E-state index in [1.807, 2.05) is 13.0 Å². The quantitative estimate of drug-likeness (QED) is 0.398. The van der Waals surface area contributed by atoms with Gasteiger partial charge in [0.1, 0.15) is 0 Å². The van der Waals surface area contributed by atoms with E-state index in [0.29, 0.717) is 6.42 Å². The van der Waals surface area contributed by atoms with E-state index < -0.39 is 18.2 Å². The normalized spacial score (nSPS) is 11.4. The highest BCUT2D eigenvalue weighted by atomic mass is 16.7. The Bertz CT molecular complexity index is 252. The molecule has 0 heterocycles. The Balaban J connectivity index is 4.67. The van der Waals surface area contributed by atoms with E-state index in [1.54, 1.807) is 0 Å². The van der Waals surface area contributed by atoms with Gasteiger partial charge in [-0.15, -0.1) is 0 Å². The fourth-order valence-corrected chi connectivity index (χ4v) is 1.21. The van der Waals surface area contributed by atoms with Crippen molar-refractivity contribution in [2.24, 2.45) is 0 Å². The molecular formula is C12H20O4. The van der Waals surface area contributed by atoms with Gasteiger partial charge in [-0.25, -0.2) is 0 Å². The first-order valence-electron chi connectivity index (χ1n) is 5.54. The summed E-state index contributed by atoms with van der Waals surface area (Å²) in [5.41, 5.74) is 0.826. The third kappa shape index (κ3) is 6.22. The van der Waals surface area contributed by atoms with Crippen LogP contribution < -0.4 is 0 Å². The van der Waals surface area contributed by atoms with Gasteiger partial charge in [0.2, 0.25) is 0 Å². The van der Waals surface area contributed by atoms with Crippen LogP contribution in [0.1, 0.15) is 47.0 Å². The highest BCUT2D eigenvalue weighted by molar-refractivity contribution is 5.68. The van der Waals surface area contributed by atoms with Gasteiger partial charge in [-0.05, 0) is 12.8 Å². The zero-order chi connectivity index (χ0) is 12.6. The average molecular weight is 228 g/mol. The van der Waals surface area contributed by atoms with Gasteiger partial charge in [0.15, 0.2) is 0 Å². The van der Waals surface area contributed by atoms with Crippen LogP contribution in [0.25, 0.3) is 0 Å². The number of allylic oxidation sites excluding steroid dienone is 1. The molecule has 0 bridgehead atoms. The van der Waals surface area contributed by atoms with Gasteiger partial charge in [-0.3, -0.25) is 9.59 Å². The largest absolute Gasteiger partial charge is 0.421 e. The summed E-state index contributed by atoms with van der Waals surface area (Å²) in [6, 6.07) is 0. The summed E-state index contributed by atoms with van der Waals surface area (Å²) in [5, 5.41) is 0. The standard InChI is InChI=1S/C12H20O4/c1-5-7-8-11(6-2)12(15-9(3)13)16-10(4)14/h8,12H,5-7H2,1-4H3/b11-8+. The molecule has 0 saturated heterocycles. The van der Waals surface area contributed by atoms with E-state index in [4.69, 9.17) is 9.47 Å². The SMILES string of the molecule is CCC/C=C(\CC)C(OC(C)=O)OC(C)=O. The molecule has 0 aliphatic carbocycles. The van der Waals surface area contributed by atoms with Crippen LogP contribution >= 0.6 is 0 Å². The van der Waals surface area contributed by atoms with Crippen LogP contribution in [-0.2, 0) is 19.1 Å². The summed E-state index contributed by atoms with van der Waals surface area (Å²) in [6.07, 6.45) is 3.65. The second kappa shape index (κ2) is 7.91. The summed E-state index contributed by atoms with van der Waals surface area (Å²) in [7, 11) is 0. The van der Waals surface area contributed by atoms with Crippen molar-refractivity contribution < 1.29 is 19.1 Å². The lowest BCUT2D eigenvalue weighted by Crippen LogP contribution is -2.24. The summed E-state index contributed by atoms with van der Waals surface area (Å²) in [6.45, 7) is 6.57. The van der Waals surface area contributed by atoms with E-state index in [0.717, 1.165) is 18.4 Å². The second-order valence-electron chi connectivity index (χ2n) is 3.47. The molecular weight excluding hydrogens is 208 g/mol. The minimum Gasteiger partial charge on any atom is -0.421 e. The number of hydrogen-bond donors (Lipinski definition) is 0. The van der Waals surface area contributed by atoms with Crippen molar-refractivity contribution in [1.29, 1.82) is 0 Å². The average Bonchev–Trinajstić information content (AvgIpc) is 2.16. The molecule has 16 heavy (non-hydrogen) atoms. The van der Waals surface area contributed by atoms with Crippen molar-refractivity contribution in [3.05, 3.63) is 11.6 Å². The van der Waals surface area contributed by atoms with Crippen molar-refractivity contribution in [2.75, 3.05) is 0 Å². The lowest BCUT2D eigenvalue weighted by molar-refractivity contribution is -0.178. The predicted octanol–water partition coefficient (Wildman–Crippen LogP) is 2.58. The highest BCUT2D eigenvalue weighted by Gasteiger charge is 2.18. The van der Waals surface area contributed by atoms with Crippen LogP contribution in [0.15, 0.2) is 11.6 Å². The van der Waals surface area contributed by atoms with E-state index in [1.165, 1.54) is 13.8 Å². The molecule has 0 aliphatic rings. The van der Waals surface area contributed by atoms with E-state index >= 15 is 0 Å². The molecule has 0 atom stereocenters. The molecule has 0 spiro atoms. The van der Waals surface area contributed by atoms with Gasteiger partial charge in [0.25, 0.3) is 6.29 Å². The fraction of sp³-hybridized carbons (Fsp3) is 0.667. The Kier molecular flexibility index (Phi) is 7.25. The first-order chi connectivity index (χ1) is 7.51. The second-order valence-corrected chi connectivity index (χ2v) is 3.47. The summed E-state index contributed by atoms with van der Waals surface area (Å²) in [4.78, 5) is 21.8. The van der Waals surface area contributed by atoms with Crippen LogP contribution in [0.4, 0.5) is 0 Å². The first-order valence-corrected chi connectivity index (χ1v) is 5.54. The van der Waals surface area contributed by atoms with Crippen LogP contribution in [0, 0.1) is 0 Å². The number of ether oxygens (including phenoxy) is 2. The molecule has 4 nitrogen and oxygen atoms in total. The molecule has 0 fully saturated rings. The maximum atomic E-state index is 10.9. The molecule has 0 unspecified atom stereocenters. The maximum Gasteiger partial charge on any atom is 0.305 e. The van der Waals surface area contributed by atoms with Gasteiger partial charge in [0, 0.05) is 19.4 Å². The van der Waals surface area contributed by atoms with Crippen molar-refractivity contribution in [3.63, 3.8) is 0 Å². The molecule has 0 aliphatic heterocycles. The topological polar surface area (TPSA) is 52.6 Å². The molecule has 4 heteroatoms. The number of unbranched alkanes of at least 4 members (excludes halogenated alkanes) is 1. The zero-order valence-corrected chi connectivity index (χ0v) is 10.4. The molecule has 0 aromatic carbocycles. The van der Waals surface area contributed by atoms with E-state index in [9.17, 15) is 9.59 Å². The molecule has 0 radical (unpaired) electrons. The summed E-state index contributed by atoms with van der Waals surface area (Å²) in [5.74, 6) is -0.913. The van der Waals surface area contributed by atoms with Gasteiger partial charge >= 0.3 is 11.9 Å². The third-order valence-corrected chi connectivity index (χ3v) is 1.95. The Morgan fingerprint density at radius 2 is 1.62 bits per heavy atom. The Hall–Kier alpha value is -1.32. The van der Waals surface area contributed by atoms with Crippen LogP contribution in [-0.4, -0.2) is 18.2 Å². The molecule has 0 amide bonds. The first kappa shape index (κ1) is 14.7. The third-order valence-electron chi connectivity index (χ3n) is 1.95. The lowest BCUT2D eigenvalue weighted by Gasteiger charge is -2.18. The van der Waals surface area contributed by atoms with Gasteiger partial charge in [-0.1, -0.05) is 26.3 Å². The molecule has 0 aromatic rings. The molecule has 92 valence electrons. The smallest absolute Gasteiger partial charge is 0.305 e. The zero-order valence-electron chi connectivity index (χ0n) is 10.4. The van der Waals surface area contributed by atoms with Crippen molar-refractivity contribution in [1.82, 2.24) is 0 Å². The molecule has 0 N–H and O–H groups in total. The van der Waals surface area contributed by atoms with Crippen LogP contribution in [0.2, 0.25) is 0 Å². The molecule has 0 saturated carbocycles. The van der Waals surface area contributed by atoms with Gasteiger partial charge in [0.05, 0.1) is 0 Å². The minimum atomic E-state index is -0.869. The lowest BCUT2D eigenvalue weighted by atomic mass is 10.1. The fourth-order valence-electron chi connectivity index (χ4n) is 1.21.